The summed E-state index contributed by atoms with van der Waals surface area (Å²) in [7, 11) is 0. The highest BCUT2D eigenvalue weighted by Crippen LogP contribution is 2.33. The van der Waals surface area contributed by atoms with Crippen molar-refractivity contribution in [3.63, 3.8) is 0 Å². The molecule has 0 aliphatic carbocycles. The van der Waals surface area contributed by atoms with Crippen LogP contribution in [0.2, 0.25) is 0 Å². The standard InChI is InChI=1S/C33H46N2O8/c1-4-5-16-39-26-13-11-24(12-14-26)18-28(34-32(37)43-30-22-41-31-27(30)15-17-40-31)29(36)20-35(19-23(2)3)33(38)42-21-25-9-7-6-8-10-25/h6-14,23,27-31,36H,4-5,15-22H2,1-3H3,(H,34,37)/t27-,28-,29+,30-,31+/m0/s1. The van der Waals surface area contributed by atoms with Crippen LogP contribution in [0.1, 0.15) is 51.2 Å². The molecule has 2 saturated heterocycles. The number of nitrogens with zero attached hydrogens (tertiary/aromatic N) is 1. The zero-order chi connectivity index (χ0) is 30.6. The maximum atomic E-state index is 13.1. The monoisotopic (exact) mass is 598 g/mol. The molecular weight excluding hydrogens is 552 g/mol. The number of carbonyl (C=O) groups is 2. The highest BCUT2D eigenvalue weighted by molar-refractivity contribution is 5.69. The van der Waals surface area contributed by atoms with Gasteiger partial charge in [-0.25, -0.2) is 9.59 Å². The van der Waals surface area contributed by atoms with Gasteiger partial charge in [-0.1, -0.05) is 69.7 Å². The van der Waals surface area contributed by atoms with Gasteiger partial charge in [0.05, 0.1) is 44.4 Å². The molecule has 2 fully saturated rings. The lowest BCUT2D eigenvalue weighted by atomic mass is 10.0. The first-order chi connectivity index (χ1) is 20.8. The second-order valence-electron chi connectivity index (χ2n) is 11.7. The van der Waals surface area contributed by atoms with E-state index in [9.17, 15) is 14.7 Å². The second kappa shape index (κ2) is 16.5. The minimum absolute atomic E-state index is 0.00436. The van der Waals surface area contributed by atoms with Gasteiger partial charge < -0.3 is 39.0 Å². The average molecular weight is 599 g/mol. The van der Waals surface area contributed by atoms with Gasteiger partial charge in [0.1, 0.15) is 18.5 Å². The number of unbranched alkanes of at least 4 members (excludes halogenated alkanes) is 1. The van der Waals surface area contributed by atoms with E-state index in [1.54, 1.807) is 0 Å². The molecule has 2 aromatic rings. The topological polar surface area (TPSA) is 116 Å². The van der Waals surface area contributed by atoms with Crippen molar-refractivity contribution in [1.82, 2.24) is 10.2 Å². The van der Waals surface area contributed by atoms with Gasteiger partial charge in [0, 0.05) is 6.54 Å². The predicted octanol–water partition coefficient (Wildman–Crippen LogP) is 4.92. The van der Waals surface area contributed by atoms with Gasteiger partial charge in [0.25, 0.3) is 0 Å². The Morgan fingerprint density at radius 3 is 2.53 bits per heavy atom. The minimum atomic E-state index is -1.10. The van der Waals surface area contributed by atoms with Gasteiger partial charge in [-0.2, -0.15) is 0 Å². The summed E-state index contributed by atoms with van der Waals surface area (Å²) in [4.78, 5) is 27.7. The summed E-state index contributed by atoms with van der Waals surface area (Å²) in [6, 6.07) is 16.3. The molecule has 10 nitrogen and oxygen atoms in total. The number of rotatable bonds is 15. The minimum Gasteiger partial charge on any atom is -0.494 e. The molecule has 2 aromatic carbocycles. The first kappa shape index (κ1) is 32.6. The van der Waals surface area contributed by atoms with E-state index in [0.29, 0.717) is 26.2 Å². The highest BCUT2D eigenvalue weighted by Gasteiger charge is 2.44. The predicted molar refractivity (Wildman–Crippen MR) is 161 cm³/mol. The number of hydrogen-bond acceptors (Lipinski definition) is 8. The second-order valence-corrected chi connectivity index (χ2v) is 11.7. The van der Waals surface area contributed by atoms with E-state index in [4.69, 9.17) is 23.7 Å². The highest BCUT2D eigenvalue weighted by atomic mass is 16.7. The molecular formula is C33H46N2O8. The van der Waals surface area contributed by atoms with E-state index >= 15 is 0 Å². The van der Waals surface area contributed by atoms with Crippen LogP contribution in [0, 0.1) is 11.8 Å². The van der Waals surface area contributed by atoms with Crippen molar-refractivity contribution >= 4 is 12.2 Å². The molecule has 0 aromatic heterocycles. The van der Waals surface area contributed by atoms with E-state index in [0.717, 1.165) is 36.1 Å². The number of benzene rings is 2. The molecule has 0 unspecified atom stereocenters. The van der Waals surface area contributed by atoms with Crippen molar-refractivity contribution < 1.29 is 38.4 Å². The van der Waals surface area contributed by atoms with Crippen LogP contribution >= 0.6 is 0 Å². The Balaban J connectivity index is 1.43. The number of fused-ring (bicyclic) bond motifs is 1. The molecule has 2 aliphatic heterocycles. The zero-order valence-corrected chi connectivity index (χ0v) is 25.5. The van der Waals surface area contributed by atoms with Crippen LogP contribution in [0.5, 0.6) is 5.75 Å². The molecule has 43 heavy (non-hydrogen) atoms. The van der Waals surface area contributed by atoms with Crippen LogP contribution in [0.3, 0.4) is 0 Å². The first-order valence-electron chi connectivity index (χ1n) is 15.4. The molecule has 2 aliphatic rings. The Morgan fingerprint density at radius 1 is 1.05 bits per heavy atom. The zero-order valence-electron chi connectivity index (χ0n) is 25.5. The number of alkyl carbamates (subject to hydrolysis) is 1. The van der Waals surface area contributed by atoms with Gasteiger partial charge in [0.2, 0.25) is 0 Å². The van der Waals surface area contributed by atoms with Gasteiger partial charge in [-0.3, -0.25) is 0 Å². The van der Waals surface area contributed by atoms with E-state index in [1.807, 2.05) is 68.4 Å². The normalized spacial score (nSPS) is 20.7. The summed E-state index contributed by atoms with van der Waals surface area (Å²) in [6.07, 6.45) is 0.0651. The van der Waals surface area contributed by atoms with E-state index in [1.165, 1.54) is 4.90 Å². The molecule has 0 saturated carbocycles. The largest absolute Gasteiger partial charge is 0.494 e. The molecule has 10 heteroatoms. The van der Waals surface area contributed by atoms with Crippen molar-refractivity contribution in [1.29, 1.82) is 0 Å². The lowest BCUT2D eigenvalue weighted by Gasteiger charge is -2.31. The molecule has 2 amide bonds. The van der Waals surface area contributed by atoms with Crippen molar-refractivity contribution in [2.45, 2.75) is 77.6 Å². The van der Waals surface area contributed by atoms with Gasteiger partial charge in [0.15, 0.2) is 6.29 Å². The Bertz CT molecular complexity index is 1130. The van der Waals surface area contributed by atoms with Gasteiger partial charge in [-0.05, 0) is 48.4 Å². The lowest BCUT2D eigenvalue weighted by molar-refractivity contribution is -0.0907. The number of amides is 2. The number of carbonyl (C=O) groups excluding carboxylic acids is 2. The number of hydrogen-bond donors (Lipinski definition) is 2. The maximum Gasteiger partial charge on any atom is 0.410 e. The molecule has 0 bridgehead atoms. The van der Waals surface area contributed by atoms with Crippen LogP contribution in [-0.2, 0) is 32.0 Å². The number of aliphatic hydroxyl groups is 1. The summed E-state index contributed by atoms with van der Waals surface area (Å²) in [6.45, 7) is 8.06. The number of aliphatic hydroxyl groups excluding tert-OH is 1. The summed E-state index contributed by atoms with van der Waals surface area (Å²) in [5, 5.41) is 14.3. The Labute approximate surface area is 254 Å². The van der Waals surface area contributed by atoms with Gasteiger partial charge >= 0.3 is 12.2 Å². The Kier molecular flexibility index (Phi) is 12.5. The van der Waals surface area contributed by atoms with E-state index in [2.05, 4.69) is 12.2 Å². The van der Waals surface area contributed by atoms with Crippen molar-refractivity contribution in [2.75, 3.05) is 32.9 Å². The summed E-state index contributed by atoms with van der Waals surface area (Å²) in [5.41, 5.74) is 1.76. The van der Waals surface area contributed by atoms with Crippen LogP contribution < -0.4 is 10.1 Å². The van der Waals surface area contributed by atoms with Crippen molar-refractivity contribution in [3.8, 4) is 5.75 Å². The average Bonchev–Trinajstić information content (AvgIpc) is 3.62. The lowest BCUT2D eigenvalue weighted by Crippen LogP contribution is -2.52. The summed E-state index contributed by atoms with van der Waals surface area (Å²) < 4.78 is 28.2. The van der Waals surface area contributed by atoms with Crippen molar-refractivity contribution in [2.24, 2.45) is 11.8 Å². The molecule has 5 atom stereocenters. The van der Waals surface area contributed by atoms with Gasteiger partial charge in [-0.15, -0.1) is 0 Å². The molecule has 0 spiro atoms. The van der Waals surface area contributed by atoms with Crippen LogP contribution in [0.25, 0.3) is 0 Å². The van der Waals surface area contributed by atoms with Crippen LogP contribution in [0.4, 0.5) is 9.59 Å². The Morgan fingerprint density at radius 2 is 1.81 bits per heavy atom. The molecule has 4 rings (SSSR count). The molecule has 236 valence electrons. The van der Waals surface area contributed by atoms with Crippen LogP contribution in [0.15, 0.2) is 54.6 Å². The molecule has 0 radical (unpaired) electrons. The Hall–Kier alpha value is -3.34. The fourth-order valence-corrected chi connectivity index (χ4v) is 5.29. The fraction of sp³-hybridized carbons (Fsp3) is 0.576. The third-order valence-electron chi connectivity index (χ3n) is 7.61. The third kappa shape index (κ3) is 10.1. The van der Waals surface area contributed by atoms with E-state index < -0.39 is 30.4 Å². The SMILES string of the molecule is CCCCOc1ccc(C[C@H](NC(=O)O[C@H]2CO[C@H]3OCC[C@H]32)[C@H](O)CN(CC(C)C)C(=O)OCc2ccccc2)cc1. The number of nitrogens with one attached hydrogen (secondary N) is 1. The smallest absolute Gasteiger partial charge is 0.410 e. The third-order valence-corrected chi connectivity index (χ3v) is 7.61. The molecule has 2 N–H and O–H groups in total. The quantitative estimate of drug-likeness (QED) is 0.278. The fourth-order valence-electron chi connectivity index (χ4n) is 5.29. The summed E-state index contributed by atoms with van der Waals surface area (Å²) in [5.74, 6) is 0.896. The van der Waals surface area contributed by atoms with E-state index in [-0.39, 0.29) is 37.9 Å². The maximum absolute atomic E-state index is 13.1. The number of ether oxygens (including phenoxy) is 5. The molecule has 2 heterocycles. The first-order valence-corrected chi connectivity index (χ1v) is 15.4. The van der Waals surface area contributed by atoms with Crippen LogP contribution in [-0.4, -0.2) is 79.6 Å². The van der Waals surface area contributed by atoms with Crippen molar-refractivity contribution in [3.05, 3.63) is 65.7 Å². The summed E-state index contributed by atoms with van der Waals surface area (Å²) >= 11 is 0.